The van der Waals surface area contributed by atoms with Crippen LogP contribution in [0.2, 0.25) is 0 Å². The van der Waals surface area contributed by atoms with E-state index in [2.05, 4.69) is 29.5 Å². The molecule has 3 nitrogen and oxygen atoms in total. The molecule has 0 aromatic carbocycles. The van der Waals surface area contributed by atoms with E-state index in [1.165, 1.54) is 25.7 Å². The van der Waals surface area contributed by atoms with Gasteiger partial charge in [-0.15, -0.1) is 0 Å². The van der Waals surface area contributed by atoms with E-state index in [9.17, 15) is 9.90 Å². The van der Waals surface area contributed by atoms with Gasteiger partial charge >= 0.3 is 0 Å². The van der Waals surface area contributed by atoms with Crippen molar-refractivity contribution in [3.63, 3.8) is 0 Å². The lowest BCUT2D eigenvalue weighted by molar-refractivity contribution is -0.220. The molecule has 1 saturated heterocycles. The highest BCUT2D eigenvalue weighted by Crippen LogP contribution is 2.75. The van der Waals surface area contributed by atoms with E-state index in [-0.39, 0.29) is 15.3 Å². The summed E-state index contributed by atoms with van der Waals surface area (Å²) in [5.74, 6) is -1.21. The Kier molecular flexibility index (Phi) is 4.35. The molecule has 4 heteroatoms. The minimum absolute atomic E-state index is 0.0219. The summed E-state index contributed by atoms with van der Waals surface area (Å²) in [4.78, 5) is 11.9. The molecule has 2 rings (SSSR count). The zero-order chi connectivity index (χ0) is 14.3. The highest BCUT2D eigenvalue weighted by Gasteiger charge is 2.85. The van der Waals surface area contributed by atoms with Crippen LogP contribution in [-0.2, 0) is 9.53 Å². The van der Waals surface area contributed by atoms with E-state index in [0.29, 0.717) is 0 Å². The normalized spacial score (nSPS) is 44.2. The van der Waals surface area contributed by atoms with Gasteiger partial charge in [0.15, 0.2) is 5.79 Å². The van der Waals surface area contributed by atoms with Gasteiger partial charge in [-0.25, -0.2) is 0 Å². The number of rotatable bonds is 7. The number of hydrogen-bond donors (Lipinski definition) is 1. The molecule has 110 valence electrons. The van der Waals surface area contributed by atoms with Gasteiger partial charge in [0.2, 0.25) is 0 Å². The van der Waals surface area contributed by atoms with Gasteiger partial charge < -0.3 is 9.84 Å². The topological polar surface area (TPSA) is 46.5 Å². The van der Waals surface area contributed by atoms with E-state index in [1.54, 1.807) is 13.8 Å². The molecule has 2 aliphatic rings. The zero-order valence-electron chi connectivity index (χ0n) is 12.2. The third-order valence-corrected chi connectivity index (χ3v) is 6.95. The molecule has 0 spiro atoms. The predicted octanol–water partition coefficient (Wildman–Crippen LogP) is 3.61. The summed E-state index contributed by atoms with van der Waals surface area (Å²) in [6.45, 7) is 5.45. The van der Waals surface area contributed by atoms with Gasteiger partial charge in [-0.2, -0.15) is 0 Å². The van der Waals surface area contributed by atoms with Crippen molar-refractivity contribution >= 4 is 28.4 Å². The second-order valence-corrected chi connectivity index (χ2v) is 8.22. The summed E-state index contributed by atoms with van der Waals surface area (Å²) in [7, 11) is 0. The number of ether oxygens (including phenoxy) is 1. The molecule has 1 saturated carbocycles. The van der Waals surface area contributed by atoms with Crippen LogP contribution in [0, 0.1) is 5.41 Å². The Morgan fingerprint density at radius 3 is 2.47 bits per heavy atom. The fraction of sp³-hybridized carbons (Fsp3) is 0.933. The first-order chi connectivity index (χ1) is 8.82. The molecule has 0 bridgehead atoms. The van der Waals surface area contributed by atoms with Crippen molar-refractivity contribution in [2.75, 3.05) is 0 Å². The largest absolute Gasteiger partial charge is 0.365 e. The lowest BCUT2D eigenvalue weighted by Gasteiger charge is -2.27. The lowest BCUT2D eigenvalue weighted by Crippen LogP contribution is -2.41. The number of aliphatic hydroxyl groups is 1. The molecule has 1 heterocycles. The van der Waals surface area contributed by atoms with Crippen molar-refractivity contribution in [1.82, 2.24) is 0 Å². The van der Waals surface area contributed by atoms with Crippen LogP contribution in [0.25, 0.3) is 0 Å². The quantitative estimate of drug-likeness (QED) is 0.417. The summed E-state index contributed by atoms with van der Waals surface area (Å²) in [5, 5.41) is 10.5. The van der Waals surface area contributed by atoms with E-state index in [4.69, 9.17) is 4.74 Å². The molecule has 0 amide bonds. The van der Waals surface area contributed by atoms with Crippen molar-refractivity contribution in [2.45, 2.75) is 81.0 Å². The van der Waals surface area contributed by atoms with Crippen LogP contribution in [0.3, 0.4) is 0 Å². The van der Waals surface area contributed by atoms with Crippen LogP contribution < -0.4 is 0 Å². The third kappa shape index (κ3) is 2.27. The van der Waals surface area contributed by atoms with Crippen molar-refractivity contribution in [2.24, 2.45) is 5.41 Å². The van der Waals surface area contributed by atoms with E-state index in [0.717, 1.165) is 19.3 Å². The van der Waals surface area contributed by atoms with Gasteiger partial charge in [0.25, 0.3) is 0 Å². The second kappa shape index (κ2) is 5.26. The van der Waals surface area contributed by atoms with Gasteiger partial charge in [-0.1, -0.05) is 61.6 Å². The number of alkyl halides is 1. The number of halogens is 1. The van der Waals surface area contributed by atoms with Crippen molar-refractivity contribution in [3.05, 3.63) is 0 Å². The monoisotopic (exact) mass is 380 g/mol. The Hall–Kier alpha value is 0.320. The first-order valence-electron chi connectivity index (χ1n) is 7.42. The average Bonchev–Trinajstić information content (AvgIpc) is 2.93. The van der Waals surface area contributed by atoms with Gasteiger partial charge in [0.1, 0.15) is 11.2 Å². The van der Waals surface area contributed by atoms with E-state index in [1.807, 2.05) is 0 Å². The minimum atomic E-state index is -1.28. The van der Waals surface area contributed by atoms with Crippen LogP contribution in [0.4, 0.5) is 0 Å². The molecule has 1 aliphatic heterocycles. The summed E-state index contributed by atoms with van der Waals surface area (Å²) < 4.78 is 5.64. The smallest absolute Gasteiger partial charge is 0.177 e. The molecule has 0 unspecified atom stereocenters. The molecular weight excluding hydrogens is 355 g/mol. The number of unbranched alkanes of at least 4 members (excludes halogenated alkanes) is 4. The predicted molar refractivity (Wildman–Crippen MR) is 83.4 cm³/mol. The fourth-order valence-corrected chi connectivity index (χ4v) is 5.61. The number of ketones is 1. The molecule has 4 atom stereocenters. The van der Waals surface area contributed by atoms with Crippen LogP contribution >= 0.6 is 22.6 Å². The number of carbonyl (C=O) groups is 1. The SMILES string of the molecule is CCCCCCC[C@@H]1O[C@](C)(O)[C@@]2(C(C)=O)C[C@@]12I. The Labute approximate surface area is 129 Å². The first kappa shape index (κ1) is 15.7. The summed E-state index contributed by atoms with van der Waals surface area (Å²) >= 11 is 2.36. The highest BCUT2D eigenvalue weighted by atomic mass is 127. The number of hydrogen-bond acceptors (Lipinski definition) is 3. The molecule has 0 aromatic rings. The number of carbonyl (C=O) groups excluding carboxylic acids is 1. The van der Waals surface area contributed by atoms with Gasteiger partial charge in [0.05, 0.1) is 9.53 Å². The molecule has 1 N–H and O–H groups in total. The van der Waals surface area contributed by atoms with Gasteiger partial charge in [-0.05, 0) is 26.7 Å². The minimum Gasteiger partial charge on any atom is -0.365 e. The molecule has 0 aromatic heterocycles. The molecule has 0 radical (unpaired) electrons. The second-order valence-electron chi connectivity index (χ2n) is 6.29. The Balaban J connectivity index is 1.93. The van der Waals surface area contributed by atoms with Crippen LogP contribution in [0.1, 0.15) is 65.7 Å². The maximum Gasteiger partial charge on any atom is 0.177 e. The summed E-state index contributed by atoms with van der Waals surface area (Å²) in [5.41, 5.74) is -0.658. The molecule has 2 fully saturated rings. The third-order valence-electron chi connectivity index (χ3n) is 4.95. The van der Waals surface area contributed by atoms with E-state index >= 15 is 0 Å². The highest BCUT2D eigenvalue weighted by molar-refractivity contribution is 14.1. The van der Waals surface area contributed by atoms with Crippen molar-refractivity contribution in [1.29, 1.82) is 0 Å². The van der Waals surface area contributed by atoms with Crippen molar-refractivity contribution in [3.8, 4) is 0 Å². The van der Waals surface area contributed by atoms with Crippen molar-refractivity contribution < 1.29 is 14.6 Å². The standard InChI is InChI=1S/C15H25IO3/c1-4-5-6-7-8-9-12-15(16)10-14(15,11(2)17)13(3,18)19-12/h12,18H,4-10H2,1-3H3/t12-,13-,14-,15+/m0/s1. The van der Waals surface area contributed by atoms with Gasteiger partial charge in [0, 0.05) is 0 Å². The molecule has 1 aliphatic carbocycles. The molecule has 19 heavy (non-hydrogen) atoms. The first-order valence-corrected chi connectivity index (χ1v) is 8.50. The summed E-state index contributed by atoms with van der Waals surface area (Å²) in [6, 6.07) is 0. The van der Waals surface area contributed by atoms with Crippen LogP contribution in [0.5, 0.6) is 0 Å². The maximum absolute atomic E-state index is 11.9. The Morgan fingerprint density at radius 1 is 1.37 bits per heavy atom. The Morgan fingerprint density at radius 2 is 2.00 bits per heavy atom. The Bertz CT molecular complexity index is 368. The number of Topliss-reactive ketones (excluding diaryl/α,β-unsaturated/α-hetero) is 1. The average molecular weight is 380 g/mol. The molecular formula is C15H25IO3. The van der Waals surface area contributed by atoms with E-state index < -0.39 is 11.2 Å². The fourth-order valence-electron chi connectivity index (χ4n) is 3.72. The maximum atomic E-state index is 11.9. The van der Waals surface area contributed by atoms with Crippen LogP contribution in [0.15, 0.2) is 0 Å². The van der Waals surface area contributed by atoms with Crippen LogP contribution in [-0.4, -0.2) is 26.2 Å². The zero-order valence-corrected chi connectivity index (χ0v) is 14.3. The summed E-state index contributed by atoms with van der Waals surface area (Å²) in [6.07, 6.45) is 7.89. The number of fused-ring (bicyclic) bond motifs is 1. The van der Waals surface area contributed by atoms with Gasteiger partial charge in [-0.3, -0.25) is 4.79 Å². The lowest BCUT2D eigenvalue weighted by atomic mass is 9.90.